The average Bonchev–Trinajstić information content (AvgIpc) is 2.18. The minimum Gasteiger partial charge on any atom is -0.480 e. The predicted octanol–water partition coefficient (Wildman–Crippen LogP) is 3.49. The largest absolute Gasteiger partial charge is 0.480 e. The van der Waals surface area contributed by atoms with Gasteiger partial charge in [-0.1, -0.05) is 22.9 Å². The van der Waals surface area contributed by atoms with Crippen molar-refractivity contribution in [3.63, 3.8) is 0 Å². The first-order chi connectivity index (χ1) is 7.04. The Morgan fingerprint density at radius 1 is 1.53 bits per heavy atom. The summed E-state index contributed by atoms with van der Waals surface area (Å²) in [7, 11) is 0. The maximum absolute atomic E-state index is 10.8. The van der Waals surface area contributed by atoms with Gasteiger partial charge in [0.1, 0.15) is 6.04 Å². The first kappa shape index (κ1) is 12.5. The van der Waals surface area contributed by atoms with Gasteiger partial charge >= 0.3 is 5.97 Å². The summed E-state index contributed by atoms with van der Waals surface area (Å²) < 4.78 is 1.76. The van der Waals surface area contributed by atoms with E-state index in [1.54, 1.807) is 0 Å². The molecule has 0 aromatic heterocycles. The minimum atomic E-state index is -0.843. The molecule has 2 N–H and O–H groups in total. The molecule has 0 radical (unpaired) electrons. The fraction of sp³-hybridized carbons (Fsp3) is 0.300. The summed E-state index contributed by atoms with van der Waals surface area (Å²) in [4.78, 5) is 10.8. The Bertz CT molecular complexity index is 368. The van der Waals surface area contributed by atoms with E-state index in [2.05, 4.69) is 37.2 Å². The van der Waals surface area contributed by atoms with E-state index in [0.29, 0.717) is 6.42 Å². The molecule has 15 heavy (non-hydrogen) atoms. The van der Waals surface area contributed by atoms with Crippen LogP contribution in [0.5, 0.6) is 0 Å². The Morgan fingerprint density at radius 3 is 2.73 bits per heavy atom. The van der Waals surface area contributed by atoms with E-state index in [-0.39, 0.29) is 0 Å². The first-order valence-corrected chi connectivity index (χ1v) is 6.07. The fourth-order valence-electron chi connectivity index (χ4n) is 1.13. The third kappa shape index (κ3) is 3.50. The van der Waals surface area contributed by atoms with Crippen molar-refractivity contribution in [3.05, 3.63) is 27.1 Å². The summed E-state index contributed by atoms with van der Waals surface area (Å²) in [5.41, 5.74) is 0.777. The number of hydrogen-bond donors (Lipinski definition) is 2. The topological polar surface area (TPSA) is 49.3 Å². The van der Waals surface area contributed by atoms with Crippen molar-refractivity contribution in [2.45, 2.75) is 19.4 Å². The van der Waals surface area contributed by atoms with Gasteiger partial charge in [-0.3, -0.25) is 0 Å². The lowest BCUT2D eigenvalue weighted by Crippen LogP contribution is -2.28. The third-order valence-corrected chi connectivity index (χ3v) is 3.15. The van der Waals surface area contributed by atoms with Gasteiger partial charge in [-0.2, -0.15) is 0 Å². The second-order valence-corrected chi connectivity index (χ2v) is 4.84. The Kier molecular flexibility index (Phi) is 4.60. The van der Waals surface area contributed by atoms with Crippen molar-refractivity contribution in [3.8, 4) is 0 Å². The van der Waals surface area contributed by atoms with E-state index in [4.69, 9.17) is 5.11 Å². The second-order valence-electron chi connectivity index (χ2n) is 3.07. The molecule has 1 aromatic rings. The Balaban J connectivity index is 2.87. The van der Waals surface area contributed by atoms with E-state index in [0.717, 1.165) is 14.6 Å². The molecule has 5 heteroatoms. The zero-order valence-corrected chi connectivity index (χ0v) is 11.3. The maximum Gasteiger partial charge on any atom is 0.326 e. The van der Waals surface area contributed by atoms with Gasteiger partial charge in [-0.25, -0.2) is 4.79 Å². The number of hydrogen-bond acceptors (Lipinski definition) is 2. The molecule has 0 aliphatic carbocycles. The SMILES string of the molecule is CCC(Nc1cc(Br)ccc1Br)C(=O)O. The van der Waals surface area contributed by atoms with Gasteiger partial charge in [-0.15, -0.1) is 0 Å². The average molecular weight is 337 g/mol. The highest BCUT2D eigenvalue weighted by Crippen LogP contribution is 2.27. The number of rotatable bonds is 4. The molecule has 0 fully saturated rings. The highest BCUT2D eigenvalue weighted by Gasteiger charge is 2.15. The molecule has 0 heterocycles. The van der Waals surface area contributed by atoms with Gasteiger partial charge in [0.15, 0.2) is 0 Å². The predicted molar refractivity (Wildman–Crippen MR) is 67.2 cm³/mol. The van der Waals surface area contributed by atoms with Crippen molar-refractivity contribution < 1.29 is 9.90 Å². The van der Waals surface area contributed by atoms with Crippen molar-refractivity contribution in [1.29, 1.82) is 0 Å². The lowest BCUT2D eigenvalue weighted by atomic mass is 10.2. The van der Waals surface area contributed by atoms with E-state index in [1.165, 1.54) is 0 Å². The van der Waals surface area contributed by atoms with Crippen LogP contribution in [0.4, 0.5) is 5.69 Å². The highest BCUT2D eigenvalue weighted by molar-refractivity contribution is 9.11. The van der Waals surface area contributed by atoms with Crippen LogP contribution in [-0.4, -0.2) is 17.1 Å². The molecule has 0 spiro atoms. The molecule has 82 valence electrons. The number of benzene rings is 1. The van der Waals surface area contributed by atoms with Crippen LogP contribution in [0.3, 0.4) is 0 Å². The summed E-state index contributed by atoms with van der Waals surface area (Å²) in [6, 6.07) is 5.03. The number of carboxylic acids is 1. The van der Waals surface area contributed by atoms with Crippen LogP contribution in [0.15, 0.2) is 27.1 Å². The summed E-state index contributed by atoms with van der Waals surface area (Å²) in [6.07, 6.45) is 0.536. The van der Waals surface area contributed by atoms with Crippen LogP contribution in [-0.2, 0) is 4.79 Å². The molecule has 0 bridgehead atoms. The zero-order valence-electron chi connectivity index (χ0n) is 8.13. The standard InChI is InChI=1S/C10H11Br2NO2/c1-2-8(10(14)15)13-9-5-6(11)3-4-7(9)12/h3-5,8,13H,2H2,1H3,(H,14,15). The molecule has 0 aliphatic heterocycles. The number of aliphatic carboxylic acids is 1. The van der Waals surface area contributed by atoms with Gasteiger partial charge in [0.25, 0.3) is 0 Å². The summed E-state index contributed by atoms with van der Waals surface area (Å²) in [6.45, 7) is 1.83. The Morgan fingerprint density at radius 2 is 2.20 bits per heavy atom. The molecule has 0 saturated heterocycles. The molecule has 1 aromatic carbocycles. The number of carboxylic acid groups (broad SMARTS) is 1. The van der Waals surface area contributed by atoms with Crippen LogP contribution >= 0.6 is 31.9 Å². The molecular formula is C10H11Br2NO2. The van der Waals surface area contributed by atoms with E-state index in [9.17, 15) is 4.79 Å². The van der Waals surface area contributed by atoms with Gasteiger partial charge in [0, 0.05) is 8.95 Å². The smallest absolute Gasteiger partial charge is 0.326 e. The Hall–Kier alpha value is -0.550. The number of carbonyl (C=O) groups is 1. The van der Waals surface area contributed by atoms with E-state index >= 15 is 0 Å². The number of halogens is 2. The quantitative estimate of drug-likeness (QED) is 0.884. The molecular weight excluding hydrogens is 326 g/mol. The van der Waals surface area contributed by atoms with Gasteiger partial charge in [0.2, 0.25) is 0 Å². The van der Waals surface area contributed by atoms with Crippen molar-refractivity contribution in [1.82, 2.24) is 0 Å². The first-order valence-electron chi connectivity index (χ1n) is 4.49. The summed E-state index contributed by atoms with van der Waals surface area (Å²) in [5.74, 6) is -0.843. The molecule has 1 atom stereocenters. The van der Waals surface area contributed by atoms with Crippen molar-refractivity contribution >= 4 is 43.5 Å². The van der Waals surface area contributed by atoms with Crippen LogP contribution in [0.1, 0.15) is 13.3 Å². The normalized spacial score (nSPS) is 12.2. The molecule has 0 amide bonds. The van der Waals surface area contributed by atoms with Gasteiger partial charge < -0.3 is 10.4 Å². The lowest BCUT2D eigenvalue weighted by Gasteiger charge is -2.15. The molecule has 1 rings (SSSR count). The summed E-state index contributed by atoms with van der Waals surface area (Å²) in [5, 5.41) is 11.9. The minimum absolute atomic E-state index is 0.536. The highest BCUT2D eigenvalue weighted by atomic mass is 79.9. The molecule has 0 saturated carbocycles. The number of anilines is 1. The lowest BCUT2D eigenvalue weighted by molar-refractivity contribution is -0.137. The third-order valence-electron chi connectivity index (χ3n) is 1.96. The Labute approximate surface area is 105 Å². The van der Waals surface area contributed by atoms with E-state index < -0.39 is 12.0 Å². The summed E-state index contributed by atoms with van der Waals surface area (Å²) >= 11 is 6.70. The van der Waals surface area contributed by atoms with Crippen LogP contribution in [0, 0.1) is 0 Å². The van der Waals surface area contributed by atoms with Crippen LogP contribution in [0.2, 0.25) is 0 Å². The van der Waals surface area contributed by atoms with Crippen molar-refractivity contribution in [2.24, 2.45) is 0 Å². The van der Waals surface area contributed by atoms with Crippen molar-refractivity contribution in [2.75, 3.05) is 5.32 Å². The zero-order chi connectivity index (χ0) is 11.4. The van der Waals surface area contributed by atoms with E-state index in [1.807, 2.05) is 25.1 Å². The fourth-order valence-corrected chi connectivity index (χ4v) is 1.86. The van der Waals surface area contributed by atoms with Crippen LogP contribution < -0.4 is 5.32 Å². The monoisotopic (exact) mass is 335 g/mol. The molecule has 0 aliphatic rings. The number of nitrogens with one attached hydrogen (secondary N) is 1. The molecule has 3 nitrogen and oxygen atoms in total. The van der Waals surface area contributed by atoms with Gasteiger partial charge in [0.05, 0.1) is 5.69 Å². The maximum atomic E-state index is 10.8. The van der Waals surface area contributed by atoms with Crippen LogP contribution in [0.25, 0.3) is 0 Å². The van der Waals surface area contributed by atoms with Gasteiger partial charge in [-0.05, 0) is 40.5 Å². The molecule has 1 unspecified atom stereocenters. The second kappa shape index (κ2) is 5.51.